The number of benzene rings is 2. The molecule has 1 aliphatic heterocycles. The minimum absolute atomic E-state index is 0.374. The maximum atomic E-state index is 12.1. The van der Waals surface area contributed by atoms with Crippen molar-refractivity contribution in [2.24, 2.45) is 0 Å². The van der Waals surface area contributed by atoms with Crippen LogP contribution in [0.15, 0.2) is 42.0 Å². The molecule has 2 aromatic carbocycles. The highest BCUT2D eigenvalue weighted by molar-refractivity contribution is 6.30. The van der Waals surface area contributed by atoms with E-state index in [1.54, 1.807) is 31.4 Å². The van der Waals surface area contributed by atoms with Gasteiger partial charge in [0.25, 0.3) is 0 Å². The number of methoxy groups -OCH3 is 2. The van der Waals surface area contributed by atoms with Gasteiger partial charge in [-0.1, -0.05) is 11.6 Å². The first-order chi connectivity index (χ1) is 11.1. The first-order valence-corrected chi connectivity index (χ1v) is 7.41. The molecule has 23 heavy (non-hydrogen) atoms. The normalized spacial score (nSPS) is 15.0. The summed E-state index contributed by atoms with van der Waals surface area (Å²) in [4.78, 5) is 12.1. The molecule has 0 saturated carbocycles. The molecule has 0 spiro atoms. The van der Waals surface area contributed by atoms with Crippen molar-refractivity contribution in [3.8, 4) is 17.2 Å². The molecule has 3 rings (SSSR count). The van der Waals surface area contributed by atoms with Crippen LogP contribution in [0.1, 0.15) is 11.1 Å². The summed E-state index contributed by atoms with van der Waals surface area (Å²) in [5, 5.41) is 0.590. The predicted octanol–water partition coefficient (Wildman–Crippen LogP) is 4.25. The van der Waals surface area contributed by atoms with Gasteiger partial charge in [0.1, 0.15) is 17.2 Å². The van der Waals surface area contributed by atoms with Crippen molar-refractivity contribution in [1.29, 1.82) is 0 Å². The Morgan fingerprint density at radius 2 is 1.91 bits per heavy atom. The van der Waals surface area contributed by atoms with Gasteiger partial charge in [-0.05, 0) is 42.5 Å². The molecule has 118 valence electrons. The van der Waals surface area contributed by atoms with E-state index in [2.05, 4.69) is 0 Å². The Hall–Kier alpha value is -2.46. The molecule has 0 fully saturated rings. The van der Waals surface area contributed by atoms with E-state index in [9.17, 15) is 4.79 Å². The molecule has 5 heteroatoms. The number of esters is 1. The summed E-state index contributed by atoms with van der Waals surface area (Å²) < 4.78 is 16.1. The number of ether oxygens (including phenoxy) is 3. The maximum Gasteiger partial charge on any atom is 0.334 e. The Labute approximate surface area is 139 Å². The number of carbonyl (C=O) groups is 1. The Morgan fingerprint density at radius 3 is 2.65 bits per heavy atom. The van der Waals surface area contributed by atoms with Gasteiger partial charge in [0.2, 0.25) is 0 Å². The lowest BCUT2D eigenvalue weighted by Gasteiger charge is -2.18. The van der Waals surface area contributed by atoms with Crippen LogP contribution in [0.2, 0.25) is 5.02 Å². The second kappa shape index (κ2) is 6.34. The lowest BCUT2D eigenvalue weighted by molar-refractivity contribution is -0.136. The van der Waals surface area contributed by atoms with E-state index in [0.717, 1.165) is 11.1 Å². The van der Waals surface area contributed by atoms with Crippen molar-refractivity contribution in [3.05, 3.63) is 58.1 Å². The predicted molar refractivity (Wildman–Crippen MR) is 88.2 cm³/mol. The maximum absolute atomic E-state index is 12.1. The summed E-state index contributed by atoms with van der Waals surface area (Å²) in [6, 6.07) is 10.8. The quantitative estimate of drug-likeness (QED) is 0.772. The molecule has 0 atom stereocenters. The van der Waals surface area contributed by atoms with Crippen LogP contribution in [0.5, 0.6) is 17.2 Å². The largest absolute Gasteiger partial charge is 0.497 e. The Bertz CT molecular complexity index is 796. The molecule has 4 nitrogen and oxygen atoms in total. The van der Waals surface area contributed by atoms with Crippen LogP contribution in [0.3, 0.4) is 0 Å². The summed E-state index contributed by atoms with van der Waals surface area (Å²) in [5.74, 6) is 1.60. The van der Waals surface area contributed by atoms with E-state index >= 15 is 0 Å². The van der Waals surface area contributed by atoms with Crippen LogP contribution in [0, 0.1) is 0 Å². The zero-order chi connectivity index (χ0) is 16.4. The van der Waals surface area contributed by atoms with E-state index in [1.807, 2.05) is 18.2 Å². The Balaban J connectivity index is 2.17. The van der Waals surface area contributed by atoms with Crippen molar-refractivity contribution in [2.45, 2.75) is 6.42 Å². The van der Waals surface area contributed by atoms with Crippen molar-refractivity contribution in [2.75, 3.05) is 14.2 Å². The molecule has 0 aliphatic carbocycles. The fraction of sp³-hybridized carbons (Fsp3) is 0.167. The highest BCUT2D eigenvalue weighted by Gasteiger charge is 2.19. The number of fused-ring (bicyclic) bond motifs is 2. The van der Waals surface area contributed by atoms with Crippen LogP contribution in [-0.2, 0) is 16.0 Å². The molecule has 1 heterocycles. The summed E-state index contributed by atoms with van der Waals surface area (Å²) in [7, 11) is 2.96. The summed E-state index contributed by atoms with van der Waals surface area (Å²) >= 11 is 6.06. The van der Waals surface area contributed by atoms with E-state index in [4.69, 9.17) is 25.8 Å². The molecule has 0 amide bonds. The van der Waals surface area contributed by atoms with Gasteiger partial charge >= 0.3 is 5.97 Å². The zero-order valence-corrected chi connectivity index (χ0v) is 13.5. The molecule has 2 aromatic rings. The second-order valence-electron chi connectivity index (χ2n) is 5.10. The van der Waals surface area contributed by atoms with Crippen molar-refractivity contribution in [3.63, 3.8) is 0 Å². The van der Waals surface area contributed by atoms with E-state index in [-0.39, 0.29) is 5.97 Å². The van der Waals surface area contributed by atoms with Gasteiger partial charge < -0.3 is 14.2 Å². The molecule has 0 N–H and O–H groups in total. The average molecular weight is 331 g/mol. The average Bonchev–Trinajstić information content (AvgIpc) is 2.55. The number of rotatable bonds is 2. The molecular formula is C18H15ClO4. The first kappa shape index (κ1) is 15.4. The SMILES string of the molecule is COC(=O)/C1=C/c2cc(OC)ccc2Oc2ccc(Cl)cc2C1. The highest BCUT2D eigenvalue weighted by atomic mass is 35.5. The van der Waals surface area contributed by atoms with Gasteiger partial charge in [-0.2, -0.15) is 0 Å². The first-order valence-electron chi connectivity index (χ1n) is 7.04. The van der Waals surface area contributed by atoms with Gasteiger partial charge in [0, 0.05) is 28.1 Å². The topological polar surface area (TPSA) is 44.8 Å². The summed E-state index contributed by atoms with van der Waals surface area (Å²) in [6.07, 6.45) is 2.13. The molecule has 0 saturated heterocycles. The molecule has 0 aromatic heterocycles. The Kier molecular flexibility index (Phi) is 4.26. The van der Waals surface area contributed by atoms with E-state index in [1.165, 1.54) is 7.11 Å². The number of carbonyl (C=O) groups excluding carboxylic acids is 1. The summed E-state index contributed by atoms with van der Waals surface area (Å²) in [6.45, 7) is 0. The zero-order valence-electron chi connectivity index (χ0n) is 12.8. The second-order valence-corrected chi connectivity index (χ2v) is 5.53. The number of hydrogen-bond donors (Lipinski definition) is 0. The number of hydrogen-bond acceptors (Lipinski definition) is 4. The minimum Gasteiger partial charge on any atom is -0.497 e. The van der Waals surface area contributed by atoms with Gasteiger partial charge in [-0.15, -0.1) is 0 Å². The van der Waals surface area contributed by atoms with E-state index in [0.29, 0.717) is 34.3 Å². The van der Waals surface area contributed by atoms with Crippen LogP contribution in [-0.4, -0.2) is 20.2 Å². The van der Waals surface area contributed by atoms with Crippen molar-refractivity contribution in [1.82, 2.24) is 0 Å². The van der Waals surface area contributed by atoms with Crippen LogP contribution in [0.25, 0.3) is 6.08 Å². The lowest BCUT2D eigenvalue weighted by atomic mass is 9.99. The van der Waals surface area contributed by atoms with Gasteiger partial charge in [-0.3, -0.25) is 0 Å². The third-order valence-electron chi connectivity index (χ3n) is 3.62. The molecule has 0 radical (unpaired) electrons. The standard InChI is InChI=1S/C18H15ClO4/c1-21-15-4-6-17-12(10-15)8-13(18(20)22-2)7-11-9-14(19)3-5-16(11)23-17/h3-6,8-10H,7H2,1-2H3/b13-8+. The van der Waals surface area contributed by atoms with Gasteiger partial charge in [0.05, 0.1) is 14.2 Å². The van der Waals surface area contributed by atoms with Crippen molar-refractivity contribution < 1.29 is 19.0 Å². The van der Waals surface area contributed by atoms with Gasteiger partial charge in [-0.25, -0.2) is 4.79 Å². The number of halogens is 1. The molecular weight excluding hydrogens is 316 g/mol. The van der Waals surface area contributed by atoms with E-state index < -0.39 is 0 Å². The lowest BCUT2D eigenvalue weighted by Crippen LogP contribution is -2.10. The van der Waals surface area contributed by atoms with Crippen LogP contribution >= 0.6 is 11.6 Å². The van der Waals surface area contributed by atoms with Crippen molar-refractivity contribution >= 4 is 23.6 Å². The molecule has 0 bridgehead atoms. The fourth-order valence-corrected chi connectivity index (χ4v) is 2.66. The minimum atomic E-state index is -0.383. The highest BCUT2D eigenvalue weighted by Crippen LogP contribution is 2.36. The third-order valence-corrected chi connectivity index (χ3v) is 3.85. The van der Waals surface area contributed by atoms with Crippen LogP contribution in [0.4, 0.5) is 0 Å². The monoisotopic (exact) mass is 330 g/mol. The smallest absolute Gasteiger partial charge is 0.334 e. The van der Waals surface area contributed by atoms with Crippen LogP contribution < -0.4 is 9.47 Å². The molecule has 0 unspecified atom stereocenters. The summed E-state index contributed by atoms with van der Waals surface area (Å²) in [5.41, 5.74) is 2.11. The molecule has 1 aliphatic rings. The fourth-order valence-electron chi connectivity index (χ4n) is 2.47. The third kappa shape index (κ3) is 3.17. The Morgan fingerprint density at radius 1 is 1.13 bits per heavy atom. The van der Waals surface area contributed by atoms with Gasteiger partial charge in [0.15, 0.2) is 0 Å².